The highest BCUT2D eigenvalue weighted by Gasteiger charge is 2.12. The molecular weight excluding hydrogens is 256 g/mol. The predicted octanol–water partition coefficient (Wildman–Crippen LogP) is 2.36. The Kier molecular flexibility index (Phi) is 6.43. The van der Waals surface area contributed by atoms with Gasteiger partial charge in [-0.3, -0.25) is 0 Å². The van der Waals surface area contributed by atoms with Crippen molar-refractivity contribution in [3.63, 3.8) is 0 Å². The Morgan fingerprint density at radius 2 is 2.22 bits per heavy atom. The van der Waals surface area contributed by atoms with Crippen molar-refractivity contribution < 1.29 is 14.3 Å². The molecule has 1 heterocycles. The van der Waals surface area contributed by atoms with E-state index in [0.717, 1.165) is 12.8 Å². The number of hydrogen-bond acceptors (Lipinski definition) is 5. The monoisotopic (exact) mass is 272 g/mol. The molecule has 5 nitrogen and oxygen atoms in total. The maximum absolute atomic E-state index is 11.5. The molecule has 0 amide bonds. The Morgan fingerprint density at radius 1 is 1.44 bits per heavy atom. The second kappa shape index (κ2) is 7.87. The van der Waals surface area contributed by atoms with Crippen LogP contribution in [-0.2, 0) is 4.74 Å². The van der Waals surface area contributed by atoms with Gasteiger partial charge in [-0.25, -0.2) is 9.78 Å². The minimum absolute atomic E-state index is 0.273. The van der Waals surface area contributed by atoms with Gasteiger partial charge < -0.3 is 9.47 Å². The van der Waals surface area contributed by atoms with E-state index < -0.39 is 5.97 Å². The molecule has 0 N–H and O–H groups in total. The summed E-state index contributed by atoms with van der Waals surface area (Å²) in [4.78, 5) is 19.6. The predicted molar refractivity (Wildman–Crippen MR) is 68.2 cm³/mol. The van der Waals surface area contributed by atoms with Gasteiger partial charge in [0.2, 0.25) is 0 Å². The van der Waals surface area contributed by atoms with Crippen LogP contribution < -0.4 is 4.74 Å². The number of ether oxygens (including phenoxy) is 2. The fourth-order valence-corrected chi connectivity index (χ4v) is 1.47. The number of carbonyl (C=O) groups excluding carboxylic acids is 1. The van der Waals surface area contributed by atoms with Crippen LogP contribution in [0.3, 0.4) is 0 Å². The molecule has 0 aliphatic heterocycles. The lowest BCUT2D eigenvalue weighted by Gasteiger charge is -2.07. The summed E-state index contributed by atoms with van der Waals surface area (Å²) in [6.07, 6.45) is 3.17. The number of rotatable bonds is 7. The number of aryl methyl sites for hydroxylation is 1. The number of nitrogens with zero attached hydrogens (tertiary/aromatic N) is 2. The highest BCUT2D eigenvalue weighted by Crippen LogP contribution is 2.10. The lowest BCUT2D eigenvalue weighted by atomic mass is 10.2. The topological polar surface area (TPSA) is 61.3 Å². The minimum atomic E-state index is -0.413. The fourth-order valence-electron chi connectivity index (χ4n) is 1.28. The fraction of sp³-hybridized carbons (Fsp3) is 0.583. The zero-order valence-electron chi connectivity index (χ0n) is 10.6. The van der Waals surface area contributed by atoms with Crippen molar-refractivity contribution in [1.82, 2.24) is 9.97 Å². The molecule has 0 radical (unpaired) electrons. The Labute approximate surface area is 111 Å². The van der Waals surface area contributed by atoms with Crippen molar-refractivity contribution in [3.8, 4) is 6.01 Å². The van der Waals surface area contributed by atoms with Crippen molar-refractivity contribution in [2.75, 3.05) is 19.1 Å². The van der Waals surface area contributed by atoms with Crippen molar-refractivity contribution in [2.45, 2.75) is 26.7 Å². The molecule has 0 bridgehead atoms. The smallest absolute Gasteiger partial charge is 0.341 e. The average Bonchev–Trinajstić information content (AvgIpc) is 2.35. The number of halogens is 1. The second-order valence-electron chi connectivity index (χ2n) is 3.62. The maximum atomic E-state index is 11.5. The number of carbonyl (C=O) groups is 1. The van der Waals surface area contributed by atoms with Crippen LogP contribution >= 0.6 is 11.6 Å². The molecular formula is C12H17ClN2O3. The van der Waals surface area contributed by atoms with E-state index in [2.05, 4.69) is 9.97 Å². The number of unbranched alkanes of at least 4 members (excludes halogenated alkanes) is 1. The van der Waals surface area contributed by atoms with Crippen LogP contribution in [0.5, 0.6) is 6.01 Å². The van der Waals surface area contributed by atoms with Gasteiger partial charge >= 0.3 is 12.0 Å². The molecule has 18 heavy (non-hydrogen) atoms. The Hall–Kier alpha value is -1.36. The number of esters is 1. The van der Waals surface area contributed by atoms with E-state index in [4.69, 9.17) is 21.1 Å². The summed E-state index contributed by atoms with van der Waals surface area (Å²) < 4.78 is 10.2. The van der Waals surface area contributed by atoms with E-state index in [1.54, 1.807) is 13.8 Å². The maximum Gasteiger partial charge on any atom is 0.341 e. The average molecular weight is 273 g/mol. The SMILES string of the molecule is CCOC(=O)c1cnc(OCCCCCl)nc1C. The van der Waals surface area contributed by atoms with Crippen molar-refractivity contribution in [2.24, 2.45) is 0 Å². The third kappa shape index (κ3) is 4.49. The first kappa shape index (κ1) is 14.7. The first-order valence-electron chi connectivity index (χ1n) is 5.88. The highest BCUT2D eigenvalue weighted by atomic mass is 35.5. The molecule has 0 unspecified atom stereocenters. The van der Waals surface area contributed by atoms with Crippen molar-refractivity contribution >= 4 is 17.6 Å². The minimum Gasteiger partial charge on any atom is -0.463 e. The first-order chi connectivity index (χ1) is 8.69. The van der Waals surface area contributed by atoms with Gasteiger partial charge in [-0.15, -0.1) is 11.6 Å². The lowest BCUT2D eigenvalue weighted by Crippen LogP contribution is -2.10. The molecule has 0 aromatic carbocycles. The molecule has 1 rings (SSSR count). The lowest BCUT2D eigenvalue weighted by molar-refractivity contribution is 0.0524. The summed E-state index contributed by atoms with van der Waals surface area (Å²) in [6.45, 7) is 4.32. The number of alkyl halides is 1. The summed E-state index contributed by atoms with van der Waals surface area (Å²) in [5.74, 6) is 0.203. The summed E-state index contributed by atoms with van der Waals surface area (Å²) in [5.41, 5.74) is 0.917. The van der Waals surface area contributed by atoms with Gasteiger partial charge in [-0.1, -0.05) is 0 Å². The van der Waals surface area contributed by atoms with Gasteiger partial charge in [0.15, 0.2) is 0 Å². The molecule has 0 aliphatic carbocycles. The highest BCUT2D eigenvalue weighted by molar-refractivity contribution is 6.17. The zero-order chi connectivity index (χ0) is 13.4. The van der Waals surface area contributed by atoms with Crippen LogP contribution in [0.1, 0.15) is 35.8 Å². The zero-order valence-corrected chi connectivity index (χ0v) is 11.4. The van der Waals surface area contributed by atoms with E-state index in [1.165, 1.54) is 6.20 Å². The second-order valence-corrected chi connectivity index (χ2v) is 3.99. The Balaban J connectivity index is 2.59. The van der Waals surface area contributed by atoms with Crippen LogP contribution in [0.2, 0.25) is 0 Å². The molecule has 0 aliphatic rings. The van der Waals surface area contributed by atoms with Crippen LogP contribution in [-0.4, -0.2) is 35.0 Å². The van der Waals surface area contributed by atoms with Crippen LogP contribution in [0, 0.1) is 6.92 Å². The molecule has 0 fully saturated rings. The van der Waals surface area contributed by atoms with E-state index >= 15 is 0 Å². The number of aromatic nitrogens is 2. The van der Waals surface area contributed by atoms with Crippen molar-refractivity contribution in [1.29, 1.82) is 0 Å². The summed E-state index contributed by atoms with van der Waals surface area (Å²) in [7, 11) is 0. The normalized spacial score (nSPS) is 10.2. The third-order valence-electron chi connectivity index (χ3n) is 2.21. The summed E-state index contributed by atoms with van der Waals surface area (Å²) in [6, 6.07) is 0.273. The molecule has 0 saturated carbocycles. The van der Waals surface area contributed by atoms with Gasteiger partial charge in [-0.05, 0) is 26.7 Å². The van der Waals surface area contributed by atoms with E-state index in [-0.39, 0.29) is 6.01 Å². The Morgan fingerprint density at radius 3 is 2.83 bits per heavy atom. The summed E-state index contributed by atoms with van der Waals surface area (Å²) in [5, 5.41) is 0. The van der Waals surface area contributed by atoms with Crippen molar-refractivity contribution in [3.05, 3.63) is 17.5 Å². The molecule has 0 spiro atoms. The van der Waals surface area contributed by atoms with Gasteiger partial charge in [-0.2, -0.15) is 4.98 Å². The van der Waals surface area contributed by atoms with E-state index in [9.17, 15) is 4.79 Å². The van der Waals surface area contributed by atoms with Gasteiger partial charge in [0.05, 0.1) is 24.5 Å². The van der Waals surface area contributed by atoms with E-state index in [0.29, 0.717) is 30.4 Å². The largest absolute Gasteiger partial charge is 0.463 e. The van der Waals surface area contributed by atoms with Gasteiger partial charge in [0.25, 0.3) is 0 Å². The molecule has 0 saturated heterocycles. The first-order valence-corrected chi connectivity index (χ1v) is 6.42. The van der Waals surface area contributed by atoms with E-state index in [1.807, 2.05) is 0 Å². The molecule has 1 aromatic heterocycles. The molecule has 6 heteroatoms. The van der Waals surface area contributed by atoms with Gasteiger partial charge in [0.1, 0.15) is 0 Å². The van der Waals surface area contributed by atoms with Crippen LogP contribution in [0.4, 0.5) is 0 Å². The molecule has 0 atom stereocenters. The Bertz CT molecular complexity index is 399. The molecule has 1 aromatic rings. The van der Waals surface area contributed by atoms with Crippen LogP contribution in [0.25, 0.3) is 0 Å². The molecule has 100 valence electrons. The van der Waals surface area contributed by atoms with Gasteiger partial charge in [0, 0.05) is 12.1 Å². The van der Waals surface area contributed by atoms with Crippen LogP contribution in [0.15, 0.2) is 6.20 Å². The summed E-state index contributed by atoms with van der Waals surface area (Å²) >= 11 is 5.56. The number of hydrogen-bond donors (Lipinski definition) is 0. The third-order valence-corrected chi connectivity index (χ3v) is 2.48. The standard InChI is InChI=1S/C12H17ClN2O3/c1-3-17-11(16)10-8-14-12(15-9(10)2)18-7-5-4-6-13/h8H,3-7H2,1-2H3. The quantitative estimate of drug-likeness (QED) is 0.433.